The maximum atomic E-state index is 12.2. The van der Waals surface area contributed by atoms with Gasteiger partial charge in [0.15, 0.2) is 0 Å². The Morgan fingerprint density at radius 2 is 1.96 bits per heavy atom. The normalized spacial score (nSPS) is 10.8. The van der Waals surface area contributed by atoms with Crippen LogP contribution in [-0.4, -0.2) is 12.5 Å². The highest BCUT2D eigenvalue weighted by Crippen LogP contribution is 2.28. The van der Waals surface area contributed by atoms with Gasteiger partial charge >= 0.3 is 0 Å². The van der Waals surface area contributed by atoms with E-state index in [1.54, 1.807) is 18.2 Å². The predicted molar refractivity (Wildman–Crippen MR) is 113 cm³/mol. The molecule has 0 bridgehead atoms. The third-order valence-electron chi connectivity index (χ3n) is 3.61. The maximum absolute atomic E-state index is 12.2. The van der Waals surface area contributed by atoms with E-state index in [0.29, 0.717) is 41.2 Å². The number of halogens is 3. The molecular formula is C19H20Cl2INO2. The van der Waals surface area contributed by atoms with E-state index in [0.717, 1.165) is 14.8 Å². The molecule has 1 N–H and O–H groups in total. The molecule has 3 nitrogen and oxygen atoms in total. The second kappa shape index (κ2) is 9.64. The molecular weight excluding hydrogens is 472 g/mol. The van der Waals surface area contributed by atoms with E-state index in [-0.39, 0.29) is 5.91 Å². The lowest BCUT2D eigenvalue weighted by Gasteiger charge is -2.14. The molecule has 0 saturated carbocycles. The van der Waals surface area contributed by atoms with Crippen LogP contribution in [0.3, 0.4) is 0 Å². The first-order chi connectivity index (χ1) is 11.9. The third kappa shape index (κ3) is 6.35. The number of ether oxygens (including phenoxy) is 1. The molecule has 2 aromatic carbocycles. The summed E-state index contributed by atoms with van der Waals surface area (Å²) in [6.07, 6.45) is 0.987. The average molecular weight is 492 g/mol. The van der Waals surface area contributed by atoms with E-state index in [2.05, 4.69) is 47.8 Å². The highest BCUT2D eigenvalue weighted by Gasteiger charge is 2.10. The molecule has 0 radical (unpaired) electrons. The molecule has 0 atom stereocenters. The van der Waals surface area contributed by atoms with Crippen molar-refractivity contribution in [3.8, 4) is 5.75 Å². The molecule has 0 unspecified atom stereocenters. The first-order valence-corrected chi connectivity index (χ1v) is 9.87. The molecule has 2 rings (SSSR count). The molecule has 0 aliphatic rings. The van der Waals surface area contributed by atoms with Crippen molar-refractivity contribution in [3.63, 3.8) is 0 Å². The number of carbonyl (C=O) groups excluding carboxylic acids is 1. The van der Waals surface area contributed by atoms with E-state index in [1.165, 1.54) is 0 Å². The van der Waals surface area contributed by atoms with E-state index >= 15 is 0 Å². The van der Waals surface area contributed by atoms with Crippen LogP contribution in [0.25, 0.3) is 0 Å². The zero-order valence-corrected chi connectivity index (χ0v) is 17.8. The zero-order chi connectivity index (χ0) is 18.4. The van der Waals surface area contributed by atoms with Crippen LogP contribution in [0.4, 0.5) is 5.69 Å². The van der Waals surface area contributed by atoms with Crippen molar-refractivity contribution in [2.75, 3.05) is 11.9 Å². The lowest BCUT2D eigenvalue weighted by Crippen LogP contribution is -2.14. The van der Waals surface area contributed by atoms with Crippen LogP contribution in [0, 0.1) is 3.57 Å². The Morgan fingerprint density at radius 1 is 1.20 bits per heavy atom. The summed E-state index contributed by atoms with van der Waals surface area (Å²) in [5, 5.41) is 4.03. The average Bonchev–Trinajstić information content (AvgIpc) is 2.54. The summed E-state index contributed by atoms with van der Waals surface area (Å²) in [4.78, 5) is 12.2. The molecule has 0 aromatic heterocycles. The summed E-state index contributed by atoms with van der Waals surface area (Å²) in [5.74, 6) is 0.903. The Bertz CT molecular complexity index is 750. The molecule has 134 valence electrons. The van der Waals surface area contributed by atoms with Gasteiger partial charge in [-0.3, -0.25) is 4.79 Å². The fourth-order valence-corrected chi connectivity index (χ4v) is 3.32. The quantitative estimate of drug-likeness (QED) is 0.353. The van der Waals surface area contributed by atoms with Crippen LogP contribution in [0.15, 0.2) is 36.4 Å². The molecule has 2 aromatic rings. The zero-order valence-electron chi connectivity index (χ0n) is 14.1. The first-order valence-electron chi connectivity index (χ1n) is 8.04. The summed E-state index contributed by atoms with van der Waals surface area (Å²) in [7, 11) is 0. The van der Waals surface area contributed by atoms with Gasteiger partial charge < -0.3 is 10.1 Å². The smallest absolute Gasteiger partial charge is 0.224 e. The fraction of sp³-hybridized carbons (Fsp3) is 0.316. The number of rotatable bonds is 7. The van der Waals surface area contributed by atoms with Gasteiger partial charge in [0.1, 0.15) is 5.75 Å². The van der Waals surface area contributed by atoms with Gasteiger partial charge in [0, 0.05) is 20.7 Å². The summed E-state index contributed by atoms with van der Waals surface area (Å²) >= 11 is 14.2. The lowest BCUT2D eigenvalue weighted by molar-refractivity contribution is -0.116. The van der Waals surface area contributed by atoms with Crippen LogP contribution >= 0.6 is 45.8 Å². The van der Waals surface area contributed by atoms with Crippen molar-refractivity contribution in [1.82, 2.24) is 0 Å². The van der Waals surface area contributed by atoms with Crippen molar-refractivity contribution in [2.45, 2.75) is 32.6 Å². The largest absolute Gasteiger partial charge is 0.492 e. The van der Waals surface area contributed by atoms with Crippen LogP contribution < -0.4 is 10.1 Å². The van der Waals surface area contributed by atoms with Gasteiger partial charge in [-0.05, 0) is 76.9 Å². The minimum absolute atomic E-state index is 0.0195. The molecule has 6 heteroatoms. The van der Waals surface area contributed by atoms with E-state index in [1.807, 2.05) is 12.1 Å². The number of amides is 1. The lowest BCUT2D eigenvalue weighted by atomic mass is 10.0. The number of carbonyl (C=O) groups is 1. The van der Waals surface area contributed by atoms with E-state index in [4.69, 9.17) is 27.9 Å². The van der Waals surface area contributed by atoms with Crippen molar-refractivity contribution in [2.24, 2.45) is 0 Å². The monoisotopic (exact) mass is 491 g/mol. The summed E-state index contributed by atoms with van der Waals surface area (Å²) in [5.41, 5.74) is 2.02. The molecule has 0 aliphatic carbocycles. The van der Waals surface area contributed by atoms with E-state index in [9.17, 15) is 4.79 Å². The Hall–Kier alpha value is -0.980. The first kappa shape index (κ1) is 20.3. The van der Waals surface area contributed by atoms with Crippen molar-refractivity contribution in [3.05, 3.63) is 55.6 Å². The minimum atomic E-state index is -0.0195. The molecule has 0 saturated heterocycles. The number of hydrogen-bond donors (Lipinski definition) is 1. The molecule has 0 spiro atoms. The van der Waals surface area contributed by atoms with Gasteiger partial charge in [-0.2, -0.15) is 0 Å². The van der Waals surface area contributed by atoms with Gasteiger partial charge in [-0.1, -0.05) is 37.0 Å². The predicted octanol–water partition coefficient (Wildman–Crippen LogP) is 6.52. The Kier molecular flexibility index (Phi) is 7.84. The highest BCUT2D eigenvalue weighted by molar-refractivity contribution is 14.1. The van der Waals surface area contributed by atoms with E-state index < -0.39 is 0 Å². The standard InChI is InChI=1S/C19H20Cl2INO2/c1-12(2)15-11-14(22)6-7-17(15)23-19(24)4-3-9-25-18-8-5-13(20)10-16(18)21/h5-8,10-12H,3-4,9H2,1-2H3,(H,23,24). The SMILES string of the molecule is CC(C)c1cc(I)ccc1NC(=O)CCCOc1ccc(Cl)cc1Cl. The van der Waals surface area contributed by atoms with Gasteiger partial charge in [-0.15, -0.1) is 0 Å². The Balaban J connectivity index is 1.83. The number of hydrogen-bond acceptors (Lipinski definition) is 2. The second-order valence-electron chi connectivity index (χ2n) is 5.96. The van der Waals surface area contributed by atoms with Crippen LogP contribution in [0.5, 0.6) is 5.75 Å². The van der Waals surface area contributed by atoms with Gasteiger partial charge in [0.05, 0.1) is 11.6 Å². The Labute approximate surface area is 172 Å². The van der Waals surface area contributed by atoms with Gasteiger partial charge in [-0.25, -0.2) is 0 Å². The van der Waals surface area contributed by atoms with Crippen LogP contribution in [-0.2, 0) is 4.79 Å². The molecule has 25 heavy (non-hydrogen) atoms. The summed E-state index contributed by atoms with van der Waals surface area (Å²) in [6, 6.07) is 11.1. The number of anilines is 1. The van der Waals surface area contributed by atoms with Crippen molar-refractivity contribution in [1.29, 1.82) is 0 Å². The number of benzene rings is 2. The summed E-state index contributed by atoms with van der Waals surface area (Å²) < 4.78 is 6.76. The molecule has 1 amide bonds. The van der Waals surface area contributed by atoms with Crippen LogP contribution in [0.2, 0.25) is 10.0 Å². The third-order valence-corrected chi connectivity index (χ3v) is 4.81. The van der Waals surface area contributed by atoms with Gasteiger partial charge in [0.2, 0.25) is 5.91 Å². The fourth-order valence-electron chi connectivity index (χ4n) is 2.34. The number of nitrogens with one attached hydrogen (secondary N) is 1. The molecule has 0 heterocycles. The second-order valence-corrected chi connectivity index (χ2v) is 8.05. The summed E-state index contributed by atoms with van der Waals surface area (Å²) in [6.45, 7) is 4.65. The van der Waals surface area contributed by atoms with Gasteiger partial charge in [0.25, 0.3) is 0 Å². The highest BCUT2D eigenvalue weighted by atomic mass is 127. The molecule has 0 fully saturated rings. The minimum Gasteiger partial charge on any atom is -0.492 e. The van der Waals surface area contributed by atoms with Crippen LogP contribution in [0.1, 0.15) is 38.2 Å². The molecule has 0 aliphatic heterocycles. The Morgan fingerprint density at radius 3 is 2.64 bits per heavy atom. The van der Waals surface area contributed by atoms with Crippen molar-refractivity contribution >= 4 is 57.4 Å². The topological polar surface area (TPSA) is 38.3 Å². The maximum Gasteiger partial charge on any atom is 0.224 e. The van der Waals surface area contributed by atoms with Crippen molar-refractivity contribution < 1.29 is 9.53 Å².